The zero-order chi connectivity index (χ0) is 55.3. The van der Waals surface area contributed by atoms with E-state index in [1.807, 2.05) is 48.5 Å². The van der Waals surface area contributed by atoms with Gasteiger partial charge in [0.05, 0.1) is 39.8 Å². The Morgan fingerprint density at radius 1 is 0.554 bits per heavy atom. The molecule has 0 aromatic heterocycles. The molecule has 488 valence electrons. The van der Waals surface area contributed by atoms with Crippen molar-refractivity contribution in [2.24, 2.45) is 74.9 Å². The van der Waals surface area contributed by atoms with Crippen LogP contribution < -0.4 is 0 Å². The van der Waals surface area contributed by atoms with Gasteiger partial charge < -0.3 is 38.3 Å². The molecule has 1 N–H and O–H groups in total. The van der Waals surface area contributed by atoms with Crippen molar-refractivity contribution in [1.82, 2.24) is 0 Å². The molecule has 2 heterocycles. The van der Waals surface area contributed by atoms with Gasteiger partial charge in [-0.25, -0.2) is 9.59 Å². The molecule has 83 heavy (non-hydrogen) atoms. The fraction of sp³-hybridized carbons (Fsp3) is 0.897. The summed E-state index contributed by atoms with van der Waals surface area (Å²) in [4.78, 5) is 83.0. The average Bonchev–Trinajstić information content (AvgIpc) is 4.10. The number of hydrogen-bond acceptors (Lipinski definition) is 15. The number of carbonyl (C=O) groups is 7. The number of cyclic esters (lactones) is 1. The normalized spacial score (nSPS) is 33.6. The summed E-state index contributed by atoms with van der Waals surface area (Å²) in [5, 5.41) is 10.6. The molecule has 2 aliphatic heterocycles. The van der Waals surface area contributed by atoms with Crippen molar-refractivity contribution in [3.63, 3.8) is 0 Å². The Kier molecular flexibility index (Phi) is 30.1. The summed E-state index contributed by atoms with van der Waals surface area (Å²) in [6.45, 7) is 25.2. The van der Waals surface area contributed by atoms with E-state index in [1.165, 1.54) is 38.5 Å². The second-order valence-corrected chi connectivity index (χ2v) is 27.5. The minimum atomic E-state index is -0.687. The molecule has 10 bridgehead atoms. The molecule has 8 unspecified atom stereocenters. The zero-order valence-corrected chi connectivity index (χ0v) is 47.9. The van der Waals surface area contributed by atoms with Gasteiger partial charge in [-0.1, -0.05) is 94.0 Å². The van der Waals surface area contributed by atoms with Crippen LogP contribution in [0.5, 0.6) is 0 Å². The van der Waals surface area contributed by atoms with E-state index in [4.69, 9.17) is 33.2 Å². The molecule has 8 atom stereocenters. The zero-order valence-electron chi connectivity index (χ0n) is 47.9. The lowest BCUT2D eigenvalue weighted by Crippen LogP contribution is -2.61. The first-order valence-corrected chi connectivity index (χ1v) is 29.1. The van der Waals surface area contributed by atoms with Crippen LogP contribution in [0, 0.1) is 74.9 Å². The minimum Gasteiger partial charge on any atom is -0.463 e. The van der Waals surface area contributed by atoms with Gasteiger partial charge in [0.1, 0.15) is 23.4 Å². The average molecular weight is 1180 g/mol. The summed E-state index contributed by atoms with van der Waals surface area (Å²) in [6, 6.07) is 0. The summed E-state index contributed by atoms with van der Waals surface area (Å²) >= 11 is 0. The van der Waals surface area contributed by atoms with Crippen LogP contribution in [-0.4, -0.2) is 95.2 Å². The van der Waals surface area contributed by atoms with Crippen LogP contribution in [0.25, 0.3) is 0 Å². The number of aliphatic hydroxyl groups is 1. The standard InChI is InChI=1S/C18H30O2.C16H22O6.C16H26O3.C10H16O4.8CH4/c1-5-17(3,4)16(19)20-18(6-2)14-8-12-7-13(10-14)11-15(18)9-12;1-4-16(2,3)15(19)20-7-11(17)21-12-8-5-9-10(6-8)14(18)22-13(9)12;1-4-14(2,3)13(17)19-16-8-11-5-12(9-16)7-15(18,6-11)10-16;1-4-10(2,3)9(12)14-7-5-6-13-8(7)11;;;;;;;;/h12-15H,5-11H2,1-4H3;8-10,12-13H,4-7H2,1-3H3;11-12,18H,4-10H2,1-3H3;7H,4-6H2,1-3H3;8*1H4. The van der Waals surface area contributed by atoms with E-state index in [1.54, 1.807) is 27.7 Å². The highest BCUT2D eigenvalue weighted by atomic mass is 16.6. The Bertz CT molecular complexity index is 2100. The van der Waals surface area contributed by atoms with Gasteiger partial charge in [0.25, 0.3) is 0 Å². The first-order chi connectivity index (χ1) is 35.0. The van der Waals surface area contributed by atoms with Gasteiger partial charge in [-0.15, -0.1) is 0 Å². The lowest BCUT2D eigenvalue weighted by Gasteiger charge is -2.60. The van der Waals surface area contributed by atoms with Crippen molar-refractivity contribution in [2.45, 2.75) is 307 Å². The van der Waals surface area contributed by atoms with E-state index < -0.39 is 45.9 Å². The molecular formula is C68H126O15. The number of hydrogen-bond donors (Lipinski definition) is 1. The van der Waals surface area contributed by atoms with Gasteiger partial charge >= 0.3 is 41.8 Å². The van der Waals surface area contributed by atoms with Crippen molar-refractivity contribution in [3.8, 4) is 0 Å². The molecule has 10 aliphatic carbocycles. The Labute approximate surface area is 506 Å². The highest BCUT2D eigenvalue weighted by molar-refractivity contribution is 5.83. The third-order valence-corrected chi connectivity index (χ3v) is 20.5. The number of ether oxygens (including phenoxy) is 7. The van der Waals surface area contributed by atoms with E-state index >= 15 is 0 Å². The topological polar surface area (TPSA) is 204 Å². The largest absolute Gasteiger partial charge is 0.463 e. The molecule has 15 nitrogen and oxygen atoms in total. The van der Waals surface area contributed by atoms with Crippen LogP contribution in [0.3, 0.4) is 0 Å². The van der Waals surface area contributed by atoms with E-state index in [0.29, 0.717) is 56.0 Å². The van der Waals surface area contributed by atoms with Gasteiger partial charge in [0, 0.05) is 24.7 Å². The molecular weight excluding hydrogens is 1060 g/mol. The number of rotatable bonds is 15. The van der Waals surface area contributed by atoms with E-state index in [9.17, 15) is 38.7 Å². The molecule has 0 spiro atoms. The van der Waals surface area contributed by atoms with Crippen molar-refractivity contribution >= 4 is 41.8 Å². The maximum absolute atomic E-state index is 12.6. The van der Waals surface area contributed by atoms with Crippen molar-refractivity contribution in [3.05, 3.63) is 0 Å². The van der Waals surface area contributed by atoms with Crippen LogP contribution in [0.4, 0.5) is 0 Å². The second-order valence-electron chi connectivity index (χ2n) is 27.5. The van der Waals surface area contributed by atoms with E-state index in [-0.39, 0.29) is 136 Å². The van der Waals surface area contributed by atoms with Gasteiger partial charge in [0.15, 0.2) is 6.61 Å². The summed E-state index contributed by atoms with van der Waals surface area (Å²) in [5.41, 5.74) is -2.92. The third kappa shape index (κ3) is 17.3. The van der Waals surface area contributed by atoms with Crippen molar-refractivity contribution < 1.29 is 71.8 Å². The monoisotopic (exact) mass is 1180 g/mol. The summed E-state index contributed by atoms with van der Waals surface area (Å²) in [7, 11) is 0. The fourth-order valence-electron chi connectivity index (χ4n) is 14.7. The molecule has 0 aromatic rings. The van der Waals surface area contributed by atoms with Crippen LogP contribution in [0.15, 0.2) is 0 Å². The number of carbonyl (C=O) groups excluding carboxylic acids is 7. The quantitative estimate of drug-likeness (QED) is 0.120. The molecule has 0 amide bonds. The highest BCUT2D eigenvalue weighted by Gasteiger charge is 2.64. The third-order valence-electron chi connectivity index (χ3n) is 20.5. The molecule has 12 rings (SSSR count). The molecule has 2 saturated heterocycles. The fourth-order valence-corrected chi connectivity index (χ4v) is 14.7. The predicted octanol–water partition coefficient (Wildman–Crippen LogP) is 15.4. The summed E-state index contributed by atoms with van der Waals surface area (Å²) in [6.07, 6.45) is 17.0. The SMILES string of the molecule is C.C.C.C.C.C.C.C.CCC(C)(C)C(=O)OC1(CC)C2CC3CC(C2)CC1C3.CCC(C)(C)C(=O)OC12CC3CC(CC(O)(C3)C1)C2.CCC(C)(C)C(=O)OC1CCOC1=O.CCC(C)(C)C(=O)OCC(=O)OC1C2CC3C(=O)OC1C3C2. The van der Waals surface area contributed by atoms with Crippen LogP contribution in [-0.2, 0) is 66.7 Å². The first-order valence-electron chi connectivity index (χ1n) is 29.1. The van der Waals surface area contributed by atoms with Crippen LogP contribution in [0.1, 0.15) is 271 Å². The van der Waals surface area contributed by atoms with Crippen molar-refractivity contribution in [2.75, 3.05) is 13.2 Å². The van der Waals surface area contributed by atoms with Crippen LogP contribution >= 0.6 is 0 Å². The Balaban J connectivity index is 0. The van der Waals surface area contributed by atoms with E-state index in [2.05, 4.69) is 13.8 Å². The number of fused-ring (bicyclic) bond motifs is 1. The molecule has 10 saturated carbocycles. The summed E-state index contributed by atoms with van der Waals surface area (Å²) < 4.78 is 37.8. The van der Waals surface area contributed by atoms with Gasteiger partial charge in [-0.05, 0) is 200 Å². The molecule has 0 radical (unpaired) electrons. The lowest BCUT2D eigenvalue weighted by molar-refractivity contribution is -0.225. The molecule has 12 fully saturated rings. The highest BCUT2D eigenvalue weighted by Crippen LogP contribution is 2.62. The smallest absolute Gasteiger partial charge is 0.347 e. The Hall–Kier alpha value is -3.75. The molecule has 15 heteroatoms. The van der Waals surface area contributed by atoms with Gasteiger partial charge in [-0.3, -0.25) is 24.0 Å². The summed E-state index contributed by atoms with van der Waals surface area (Å²) in [5.74, 6) is 2.68. The molecule has 0 aromatic carbocycles. The predicted molar refractivity (Wildman–Crippen MR) is 331 cm³/mol. The van der Waals surface area contributed by atoms with Gasteiger partial charge in [0.2, 0.25) is 6.10 Å². The molecule has 12 aliphatic rings. The maximum Gasteiger partial charge on any atom is 0.347 e. The second kappa shape index (κ2) is 30.7. The van der Waals surface area contributed by atoms with Gasteiger partial charge in [-0.2, -0.15) is 0 Å². The lowest BCUT2D eigenvalue weighted by atomic mass is 9.49. The van der Waals surface area contributed by atoms with Crippen LogP contribution in [0.2, 0.25) is 0 Å². The Morgan fingerprint density at radius 2 is 1.01 bits per heavy atom. The maximum atomic E-state index is 12.6. The van der Waals surface area contributed by atoms with E-state index in [0.717, 1.165) is 69.6 Å². The Morgan fingerprint density at radius 3 is 1.46 bits per heavy atom. The van der Waals surface area contributed by atoms with Crippen molar-refractivity contribution in [1.29, 1.82) is 0 Å². The first kappa shape index (κ1) is 81.3. The minimum absolute atomic E-state index is 0. The number of esters is 7.